The minimum atomic E-state index is -1.14. The SMILES string of the molecule is C#CCC1CC(=O)C(c2c(F)cc(C#CC)cc2OC)C1=O.C#CCC1CC(OC)=C(c2c(F)cc(C#CC)cc2OC)C1=O.Cl. The first kappa shape index (κ1) is 37.2. The van der Waals surface area contributed by atoms with Gasteiger partial charge in [0.05, 0.1) is 32.5 Å². The maximum Gasteiger partial charge on any atom is 0.171 e. The number of hydrogen-bond acceptors (Lipinski definition) is 6. The molecule has 0 radical (unpaired) electrons. The molecule has 2 aliphatic rings. The van der Waals surface area contributed by atoms with Crippen LogP contribution in [-0.2, 0) is 19.1 Å². The van der Waals surface area contributed by atoms with Gasteiger partial charge in [0.2, 0.25) is 0 Å². The average Bonchev–Trinajstić information content (AvgIpc) is 3.47. The highest BCUT2D eigenvalue weighted by molar-refractivity contribution is 6.25. The molecule has 46 heavy (non-hydrogen) atoms. The number of benzene rings is 2. The molecule has 238 valence electrons. The normalized spacial score (nSPS) is 18.0. The summed E-state index contributed by atoms with van der Waals surface area (Å²) in [6, 6.07) is 5.64. The van der Waals surface area contributed by atoms with Gasteiger partial charge in [-0.2, -0.15) is 0 Å². The van der Waals surface area contributed by atoms with E-state index in [1.54, 1.807) is 19.9 Å². The summed E-state index contributed by atoms with van der Waals surface area (Å²) >= 11 is 0. The van der Waals surface area contributed by atoms with Crippen molar-refractivity contribution in [2.75, 3.05) is 21.3 Å². The van der Waals surface area contributed by atoms with Gasteiger partial charge in [-0.1, -0.05) is 11.8 Å². The van der Waals surface area contributed by atoms with Crippen LogP contribution in [0.3, 0.4) is 0 Å². The Kier molecular flexibility index (Phi) is 13.6. The number of methoxy groups -OCH3 is 3. The minimum Gasteiger partial charge on any atom is -0.500 e. The fourth-order valence-corrected chi connectivity index (χ4v) is 5.45. The summed E-state index contributed by atoms with van der Waals surface area (Å²) in [5.74, 6) is 12.4. The number of ketones is 3. The fourth-order valence-electron chi connectivity index (χ4n) is 5.45. The number of carbonyl (C=O) groups is 3. The van der Waals surface area contributed by atoms with Gasteiger partial charge in [0.1, 0.15) is 40.6 Å². The van der Waals surface area contributed by atoms with E-state index < -0.39 is 23.5 Å². The van der Waals surface area contributed by atoms with E-state index in [9.17, 15) is 23.2 Å². The molecule has 1 saturated carbocycles. The van der Waals surface area contributed by atoms with Gasteiger partial charge in [0.15, 0.2) is 11.6 Å². The number of halogens is 3. The second kappa shape index (κ2) is 16.9. The first-order valence-corrected chi connectivity index (χ1v) is 14.0. The van der Waals surface area contributed by atoms with Crippen molar-refractivity contribution in [3.63, 3.8) is 0 Å². The zero-order valence-corrected chi connectivity index (χ0v) is 27.0. The molecule has 2 aromatic rings. The molecule has 0 aromatic heterocycles. The van der Waals surface area contributed by atoms with Gasteiger partial charge >= 0.3 is 0 Å². The van der Waals surface area contributed by atoms with Crippen molar-refractivity contribution in [3.05, 3.63) is 63.9 Å². The van der Waals surface area contributed by atoms with Crippen LogP contribution in [0.15, 0.2) is 30.0 Å². The third-order valence-corrected chi connectivity index (χ3v) is 7.42. The number of allylic oxidation sites excluding steroid dienone is 2. The summed E-state index contributed by atoms with van der Waals surface area (Å²) in [5, 5.41) is 0. The molecule has 0 amide bonds. The largest absolute Gasteiger partial charge is 0.500 e. The molecule has 0 spiro atoms. The van der Waals surface area contributed by atoms with E-state index in [1.165, 1.54) is 39.5 Å². The third-order valence-electron chi connectivity index (χ3n) is 7.42. The molecule has 1 fully saturated rings. The topological polar surface area (TPSA) is 78.9 Å². The summed E-state index contributed by atoms with van der Waals surface area (Å²) < 4.78 is 44.8. The molecular weight excluding hydrogens is 614 g/mol. The zero-order valence-electron chi connectivity index (χ0n) is 26.1. The smallest absolute Gasteiger partial charge is 0.171 e. The highest BCUT2D eigenvalue weighted by atomic mass is 35.5. The van der Waals surface area contributed by atoms with Crippen LogP contribution in [0.5, 0.6) is 11.5 Å². The standard InChI is InChI=1S/C19H17FO3.C18H15FO3.ClH/c1-5-7-12-9-14(20)17(15(10-12)22-3)18-16(23-4)11-13(8-6-2)19(18)21;1-4-6-11-8-13(19)16(15(9-11)22-3)17-14(20)10-12(7-5-2)18(17)21;/h2,9-10,13H,8,11H2,1,3-4H3;2,8-9,12,17H,7,10H2,1,3H3;1H. The van der Waals surface area contributed by atoms with E-state index in [2.05, 4.69) is 35.5 Å². The first-order valence-electron chi connectivity index (χ1n) is 14.0. The zero-order chi connectivity index (χ0) is 33.3. The van der Waals surface area contributed by atoms with Gasteiger partial charge < -0.3 is 14.2 Å². The number of hydrogen-bond donors (Lipinski definition) is 0. The second-order valence-corrected chi connectivity index (χ2v) is 10.1. The number of Topliss-reactive ketones (excluding diaryl/α,β-unsaturated/α-hetero) is 3. The molecule has 3 atom stereocenters. The fraction of sp³-hybridized carbons (Fsp3) is 0.324. The molecule has 2 aliphatic carbocycles. The van der Waals surface area contributed by atoms with E-state index in [1.807, 2.05) is 0 Å². The quantitative estimate of drug-likeness (QED) is 0.269. The molecule has 0 heterocycles. The molecule has 6 nitrogen and oxygen atoms in total. The maximum absolute atomic E-state index is 14.6. The van der Waals surface area contributed by atoms with E-state index in [0.29, 0.717) is 29.7 Å². The van der Waals surface area contributed by atoms with Crippen LogP contribution in [-0.4, -0.2) is 38.7 Å². The van der Waals surface area contributed by atoms with Gasteiger partial charge in [0, 0.05) is 54.2 Å². The Bertz CT molecular complexity index is 1770. The van der Waals surface area contributed by atoms with Crippen molar-refractivity contribution in [2.24, 2.45) is 11.8 Å². The van der Waals surface area contributed by atoms with Gasteiger partial charge in [-0.3, -0.25) is 14.4 Å². The molecule has 0 saturated heterocycles. The molecule has 9 heteroatoms. The number of terminal acetylenes is 2. The van der Waals surface area contributed by atoms with Crippen molar-refractivity contribution in [2.45, 2.75) is 45.4 Å². The monoisotopic (exact) mass is 646 g/mol. The highest BCUT2D eigenvalue weighted by Crippen LogP contribution is 2.42. The van der Waals surface area contributed by atoms with Crippen LogP contribution >= 0.6 is 12.4 Å². The van der Waals surface area contributed by atoms with Crippen molar-refractivity contribution < 1.29 is 37.4 Å². The Morgan fingerprint density at radius 2 is 1.33 bits per heavy atom. The van der Waals surface area contributed by atoms with E-state index in [-0.39, 0.29) is 76.7 Å². The van der Waals surface area contributed by atoms with Crippen LogP contribution < -0.4 is 9.47 Å². The summed E-state index contributed by atoms with van der Waals surface area (Å²) in [5.41, 5.74) is 1.21. The van der Waals surface area contributed by atoms with E-state index in [4.69, 9.17) is 27.1 Å². The van der Waals surface area contributed by atoms with Gasteiger partial charge in [-0.15, -0.1) is 48.9 Å². The Morgan fingerprint density at radius 1 is 0.783 bits per heavy atom. The van der Waals surface area contributed by atoms with Crippen molar-refractivity contribution >= 4 is 35.3 Å². The molecule has 2 aromatic carbocycles. The molecule has 0 aliphatic heterocycles. The maximum atomic E-state index is 14.6. The lowest BCUT2D eigenvalue weighted by Crippen LogP contribution is -2.17. The van der Waals surface area contributed by atoms with Crippen LogP contribution in [0.2, 0.25) is 0 Å². The molecule has 4 rings (SSSR count). The number of carbonyl (C=O) groups excluding carboxylic acids is 3. The first-order chi connectivity index (χ1) is 21.6. The Morgan fingerprint density at radius 3 is 1.85 bits per heavy atom. The predicted molar refractivity (Wildman–Crippen MR) is 173 cm³/mol. The van der Waals surface area contributed by atoms with Crippen LogP contribution in [0.25, 0.3) is 5.57 Å². The van der Waals surface area contributed by atoms with Crippen molar-refractivity contribution in [3.8, 4) is 59.9 Å². The predicted octanol–water partition coefficient (Wildman–Crippen LogP) is 6.07. The van der Waals surface area contributed by atoms with E-state index in [0.717, 1.165) is 0 Å². The van der Waals surface area contributed by atoms with Gasteiger partial charge in [0.25, 0.3) is 0 Å². The van der Waals surface area contributed by atoms with Crippen LogP contribution in [0, 0.1) is 71.8 Å². The number of ether oxygens (including phenoxy) is 3. The molecular formula is C37H33ClF2O6. The van der Waals surface area contributed by atoms with Crippen molar-refractivity contribution in [1.29, 1.82) is 0 Å². The second-order valence-electron chi connectivity index (χ2n) is 10.1. The molecule has 3 unspecified atom stereocenters. The summed E-state index contributed by atoms with van der Waals surface area (Å²) in [6.45, 7) is 3.29. The van der Waals surface area contributed by atoms with Crippen LogP contribution in [0.1, 0.15) is 67.7 Å². The van der Waals surface area contributed by atoms with Crippen molar-refractivity contribution in [1.82, 2.24) is 0 Å². The lowest BCUT2D eigenvalue weighted by atomic mass is 9.91. The Labute approximate surface area is 274 Å². The minimum absolute atomic E-state index is 0. The molecule has 0 bridgehead atoms. The Hall–Kier alpha value is -5.02. The average molecular weight is 647 g/mol. The van der Waals surface area contributed by atoms with Gasteiger partial charge in [-0.25, -0.2) is 8.78 Å². The van der Waals surface area contributed by atoms with Gasteiger partial charge in [-0.05, 0) is 38.1 Å². The third kappa shape index (κ3) is 7.79. The Balaban J connectivity index is 0.000000314. The summed E-state index contributed by atoms with van der Waals surface area (Å²) in [4.78, 5) is 37.1. The lowest BCUT2D eigenvalue weighted by molar-refractivity contribution is -0.125. The lowest BCUT2D eigenvalue weighted by Gasteiger charge is -2.15. The number of rotatable bonds is 7. The summed E-state index contributed by atoms with van der Waals surface area (Å²) in [7, 11) is 4.25. The van der Waals surface area contributed by atoms with Crippen LogP contribution in [0.4, 0.5) is 8.78 Å². The van der Waals surface area contributed by atoms with E-state index >= 15 is 0 Å². The summed E-state index contributed by atoms with van der Waals surface area (Å²) in [6.07, 6.45) is 11.4. The molecule has 0 N–H and O–H groups in total. The highest BCUT2D eigenvalue weighted by Gasteiger charge is 2.44.